The van der Waals surface area contributed by atoms with Crippen LogP contribution in [0.15, 0.2) is 4.99 Å². The summed E-state index contributed by atoms with van der Waals surface area (Å²) in [6.07, 6.45) is 0. The number of nitrogens with zero attached hydrogens (tertiary/aromatic N) is 1. The molecule has 0 aromatic heterocycles. The highest BCUT2D eigenvalue weighted by molar-refractivity contribution is 7.80. The topological polar surface area (TPSA) is 62.4 Å². The van der Waals surface area contributed by atoms with Crippen LogP contribution < -0.4 is 16.4 Å². The van der Waals surface area contributed by atoms with E-state index in [9.17, 15) is 0 Å². The first-order chi connectivity index (χ1) is 4.20. The Hall–Kier alpha value is -0.840. The monoisotopic (exact) mass is 146 g/mol. The average Bonchev–Trinajstić information content (AvgIpc) is 1.82. The van der Waals surface area contributed by atoms with E-state index in [1.807, 2.05) is 0 Å². The van der Waals surface area contributed by atoms with Crippen LogP contribution in [0, 0.1) is 0 Å². The van der Waals surface area contributed by atoms with Gasteiger partial charge in [0.05, 0.1) is 0 Å². The van der Waals surface area contributed by atoms with Crippen LogP contribution >= 0.6 is 12.2 Å². The van der Waals surface area contributed by atoms with Gasteiger partial charge in [0, 0.05) is 14.1 Å². The van der Waals surface area contributed by atoms with Crippen molar-refractivity contribution in [3.05, 3.63) is 0 Å². The molecule has 0 aliphatic carbocycles. The molecule has 0 unspecified atom stereocenters. The first-order valence-electron chi connectivity index (χ1n) is 2.41. The molecule has 0 heterocycles. The first-order valence-corrected chi connectivity index (χ1v) is 2.82. The van der Waals surface area contributed by atoms with Gasteiger partial charge in [0.25, 0.3) is 0 Å². The molecule has 0 aliphatic heterocycles. The molecule has 9 heavy (non-hydrogen) atoms. The molecule has 4 nitrogen and oxygen atoms in total. The third-order valence-corrected chi connectivity index (χ3v) is 0.804. The van der Waals surface area contributed by atoms with Gasteiger partial charge in [0.15, 0.2) is 11.1 Å². The molecule has 0 radical (unpaired) electrons. The van der Waals surface area contributed by atoms with Gasteiger partial charge in [-0.15, -0.1) is 0 Å². The zero-order valence-corrected chi connectivity index (χ0v) is 6.25. The lowest BCUT2D eigenvalue weighted by molar-refractivity contribution is 1.07. The van der Waals surface area contributed by atoms with Crippen LogP contribution in [0.2, 0.25) is 0 Å². The Kier molecular flexibility index (Phi) is 3.70. The van der Waals surface area contributed by atoms with Crippen molar-refractivity contribution < 1.29 is 0 Å². The van der Waals surface area contributed by atoms with Gasteiger partial charge in [-0.3, -0.25) is 4.99 Å². The van der Waals surface area contributed by atoms with Gasteiger partial charge >= 0.3 is 0 Å². The highest BCUT2D eigenvalue weighted by Crippen LogP contribution is 1.62. The molecule has 0 aromatic carbocycles. The van der Waals surface area contributed by atoms with Crippen LogP contribution in [-0.4, -0.2) is 25.2 Å². The van der Waals surface area contributed by atoms with E-state index < -0.39 is 0 Å². The third kappa shape index (κ3) is 3.72. The molecule has 0 fully saturated rings. The van der Waals surface area contributed by atoms with Gasteiger partial charge < -0.3 is 16.4 Å². The summed E-state index contributed by atoms with van der Waals surface area (Å²) >= 11 is 4.55. The lowest BCUT2D eigenvalue weighted by atomic mass is 10.8. The van der Waals surface area contributed by atoms with Gasteiger partial charge in [0.2, 0.25) is 0 Å². The van der Waals surface area contributed by atoms with Crippen LogP contribution in [0.3, 0.4) is 0 Å². The second kappa shape index (κ2) is 4.08. The largest absolute Gasteiger partial charge is 0.376 e. The predicted octanol–water partition coefficient (Wildman–Crippen LogP) is -0.975. The Bertz CT molecular complexity index is 131. The highest BCUT2D eigenvalue weighted by Gasteiger charge is 1.90. The van der Waals surface area contributed by atoms with E-state index in [4.69, 9.17) is 5.73 Å². The number of hydrogen-bond acceptors (Lipinski definition) is 2. The molecule has 0 rings (SSSR count). The summed E-state index contributed by atoms with van der Waals surface area (Å²) in [5, 5.41) is 5.59. The van der Waals surface area contributed by atoms with Crippen LogP contribution in [0.4, 0.5) is 0 Å². The van der Waals surface area contributed by atoms with Gasteiger partial charge in [0.1, 0.15) is 0 Å². The molecule has 0 aromatic rings. The SMILES string of the molecule is C/N=C(\NC)NC(N)=S. The molecule has 52 valence electrons. The van der Waals surface area contributed by atoms with Crippen molar-refractivity contribution in [1.29, 1.82) is 0 Å². The normalized spacial score (nSPS) is 10.7. The Balaban J connectivity index is 3.71. The minimum atomic E-state index is 0.213. The molecule has 5 heteroatoms. The smallest absolute Gasteiger partial charge is 0.197 e. The van der Waals surface area contributed by atoms with Crippen LogP contribution in [0.1, 0.15) is 0 Å². The van der Waals surface area contributed by atoms with E-state index in [1.54, 1.807) is 14.1 Å². The van der Waals surface area contributed by atoms with E-state index in [1.165, 1.54) is 0 Å². The summed E-state index contributed by atoms with van der Waals surface area (Å²) in [4.78, 5) is 3.77. The molecule has 0 bridgehead atoms. The van der Waals surface area contributed by atoms with Crippen LogP contribution in [0.5, 0.6) is 0 Å². The quantitative estimate of drug-likeness (QED) is 0.234. The second-order valence-electron chi connectivity index (χ2n) is 1.31. The first kappa shape index (κ1) is 8.16. The number of hydrogen-bond donors (Lipinski definition) is 3. The Morgan fingerprint density at radius 1 is 1.67 bits per heavy atom. The summed E-state index contributed by atoms with van der Waals surface area (Å²) in [5.41, 5.74) is 5.14. The van der Waals surface area contributed by atoms with Crippen molar-refractivity contribution in [2.24, 2.45) is 10.7 Å². The summed E-state index contributed by atoms with van der Waals surface area (Å²) < 4.78 is 0. The maximum atomic E-state index is 5.14. The third-order valence-electron chi connectivity index (χ3n) is 0.702. The summed E-state index contributed by atoms with van der Waals surface area (Å²) in [6.45, 7) is 0. The standard InChI is InChI=1S/C4H10N4S/c1-6-4(7-2)8-3(5)9/h1-2H3,(H4,5,6,7,8,9). The minimum absolute atomic E-state index is 0.213. The van der Waals surface area contributed by atoms with E-state index in [0.29, 0.717) is 5.96 Å². The predicted molar refractivity (Wildman–Crippen MR) is 42.3 cm³/mol. The van der Waals surface area contributed by atoms with Crippen molar-refractivity contribution in [2.45, 2.75) is 0 Å². The fourth-order valence-electron chi connectivity index (χ4n) is 0.347. The molecule has 0 saturated carbocycles. The number of thiocarbonyl (C=S) groups is 1. The maximum absolute atomic E-state index is 5.14. The molecular weight excluding hydrogens is 136 g/mol. The average molecular weight is 146 g/mol. The van der Waals surface area contributed by atoms with Gasteiger partial charge in [-0.25, -0.2) is 0 Å². The van der Waals surface area contributed by atoms with E-state index >= 15 is 0 Å². The van der Waals surface area contributed by atoms with Crippen LogP contribution in [0.25, 0.3) is 0 Å². The number of nitrogens with two attached hydrogens (primary N) is 1. The number of nitrogens with one attached hydrogen (secondary N) is 2. The number of aliphatic imine (C=N–C) groups is 1. The zero-order chi connectivity index (χ0) is 7.28. The van der Waals surface area contributed by atoms with E-state index in [0.717, 1.165) is 0 Å². The Morgan fingerprint density at radius 3 is 2.33 bits per heavy atom. The lowest BCUT2D eigenvalue weighted by Gasteiger charge is -2.04. The Labute approximate surface area is 59.5 Å². The van der Waals surface area contributed by atoms with E-state index in [2.05, 4.69) is 27.8 Å². The van der Waals surface area contributed by atoms with Gasteiger partial charge in [-0.1, -0.05) is 0 Å². The molecular formula is C4H10N4S. The highest BCUT2D eigenvalue weighted by atomic mass is 32.1. The van der Waals surface area contributed by atoms with Crippen molar-refractivity contribution in [3.8, 4) is 0 Å². The number of rotatable bonds is 0. The molecule has 4 N–H and O–H groups in total. The fourth-order valence-corrected chi connectivity index (χ4v) is 0.444. The van der Waals surface area contributed by atoms with Crippen molar-refractivity contribution in [3.63, 3.8) is 0 Å². The van der Waals surface area contributed by atoms with Crippen molar-refractivity contribution in [1.82, 2.24) is 10.6 Å². The molecule has 0 spiro atoms. The lowest BCUT2D eigenvalue weighted by Crippen LogP contribution is -2.41. The summed E-state index contributed by atoms with van der Waals surface area (Å²) in [7, 11) is 3.37. The van der Waals surface area contributed by atoms with Crippen molar-refractivity contribution >= 4 is 23.3 Å². The molecule has 0 atom stereocenters. The van der Waals surface area contributed by atoms with E-state index in [-0.39, 0.29) is 5.11 Å². The molecule has 0 amide bonds. The second-order valence-corrected chi connectivity index (χ2v) is 1.75. The Morgan fingerprint density at radius 2 is 2.22 bits per heavy atom. The zero-order valence-electron chi connectivity index (χ0n) is 5.43. The maximum Gasteiger partial charge on any atom is 0.197 e. The van der Waals surface area contributed by atoms with Crippen molar-refractivity contribution in [2.75, 3.05) is 14.1 Å². The summed E-state index contributed by atoms with van der Waals surface area (Å²) in [6, 6.07) is 0. The summed E-state index contributed by atoms with van der Waals surface area (Å²) in [5.74, 6) is 0.572. The molecule has 0 aliphatic rings. The number of guanidine groups is 1. The van der Waals surface area contributed by atoms with Crippen LogP contribution in [-0.2, 0) is 0 Å². The fraction of sp³-hybridized carbons (Fsp3) is 0.500. The van der Waals surface area contributed by atoms with Gasteiger partial charge in [-0.2, -0.15) is 0 Å². The minimum Gasteiger partial charge on any atom is -0.376 e. The van der Waals surface area contributed by atoms with Gasteiger partial charge in [-0.05, 0) is 12.2 Å². The molecule has 0 saturated heterocycles.